The third kappa shape index (κ3) is 3.91. The number of rotatable bonds is 6. The smallest absolute Gasteiger partial charge is 0.123 e. The van der Waals surface area contributed by atoms with E-state index in [9.17, 15) is 4.39 Å². The van der Waals surface area contributed by atoms with Crippen LogP contribution in [0.2, 0.25) is 5.02 Å². The monoisotopic (exact) mass is 409 g/mol. The third-order valence-electron chi connectivity index (χ3n) is 5.10. The van der Waals surface area contributed by atoms with Crippen molar-refractivity contribution in [2.75, 3.05) is 19.8 Å². The summed E-state index contributed by atoms with van der Waals surface area (Å²) >= 11 is 6.12. The average Bonchev–Trinajstić information content (AvgIpc) is 3.16. The Morgan fingerprint density at radius 1 is 1.07 bits per heavy atom. The highest BCUT2D eigenvalue weighted by atomic mass is 35.5. The summed E-state index contributed by atoms with van der Waals surface area (Å²) in [5.74, 6) is 1.28. The van der Waals surface area contributed by atoms with Crippen LogP contribution in [0.15, 0.2) is 78.9 Å². The molecule has 0 bridgehead atoms. The molecule has 0 saturated heterocycles. The number of alkyl halides is 1. The van der Waals surface area contributed by atoms with Crippen molar-refractivity contribution in [3.63, 3.8) is 0 Å². The fourth-order valence-corrected chi connectivity index (χ4v) is 3.87. The summed E-state index contributed by atoms with van der Waals surface area (Å²) in [5.41, 5.74) is 9.82. The normalized spacial score (nSPS) is 18.2. The van der Waals surface area contributed by atoms with E-state index in [-0.39, 0.29) is 6.61 Å². The van der Waals surface area contributed by atoms with E-state index in [1.807, 2.05) is 48.5 Å². The molecule has 2 heterocycles. The molecule has 3 aromatic rings. The highest BCUT2D eigenvalue weighted by Crippen LogP contribution is 2.39. The second kappa shape index (κ2) is 8.13. The number of nitrogens with zero attached hydrogens (tertiary/aromatic N) is 1. The molecule has 0 saturated carbocycles. The Morgan fingerprint density at radius 2 is 1.90 bits per heavy atom. The Hall–Kier alpha value is -3.05. The number of nitrogens with two attached hydrogens (primary N) is 1. The SMILES string of the molecule is NC1=CC(c2ccc(OCCF)cc2)(c2cccc(-c3cncc(Cl)c3)c2)CN1. The van der Waals surface area contributed by atoms with Gasteiger partial charge in [0.25, 0.3) is 0 Å². The minimum atomic E-state index is -0.514. The minimum Gasteiger partial charge on any atom is -0.491 e. The Kier molecular flexibility index (Phi) is 5.41. The van der Waals surface area contributed by atoms with Crippen LogP contribution >= 0.6 is 11.6 Å². The van der Waals surface area contributed by atoms with Gasteiger partial charge in [-0.2, -0.15) is 0 Å². The molecule has 29 heavy (non-hydrogen) atoms. The van der Waals surface area contributed by atoms with E-state index < -0.39 is 12.1 Å². The topological polar surface area (TPSA) is 60.2 Å². The molecular formula is C23H21ClFN3O. The highest BCUT2D eigenvalue weighted by Gasteiger charge is 2.36. The van der Waals surface area contributed by atoms with E-state index in [1.165, 1.54) is 0 Å². The van der Waals surface area contributed by atoms with Crippen molar-refractivity contribution in [3.05, 3.63) is 95.0 Å². The summed E-state index contributed by atoms with van der Waals surface area (Å²) in [4.78, 5) is 4.19. The van der Waals surface area contributed by atoms with Crippen molar-refractivity contribution in [2.45, 2.75) is 5.41 Å². The first kappa shape index (κ1) is 19.3. The van der Waals surface area contributed by atoms with Crippen LogP contribution in [0, 0.1) is 0 Å². The molecule has 1 aliphatic rings. The lowest BCUT2D eigenvalue weighted by atomic mass is 9.75. The van der Waals surface area contributed by atoms with E-state index in [1.54, 1.807) is 12.4 Å². The standard InChI is InChI=1S/C23H21ClFN3O/c24-20-11-17(13-27-14-20)16-2-1-3-19(10-16)23(12-22(26)28-15-23)18-4-6-21(7-5-18)29-9-8-25/h1-7,10-14,28H,8-9,15,26H2. The number of halogens is 2. The van der Waals surface area contributed by atoms with Gasteiger partial charge in [-0.25, -0.2) is 4.39 Å². The van der Waals surface area contributed by atoms with Crippen LogP contribution in [-0.4, -0.2) is 24.8 Å². The van der Waals surface area contributed by atoms with Crippen LogP contribution in [-0.2, 0) is 5.41 Å². The van der Waals surface area contributed by atoms with Gasteiger partial charge in [0.1, 0.15) is 19.0 Å². The van der Waals surface area contributed by atoms with Gasteiger partial charge in [-0.15, -0.1) is 0 Å². The first-order valence-corrected chi connectivity index (χ1v) is 9.71. The molecule has 6 heteroatoms. The Morgan fingerprint density at radius 3 is 2.59 bits per heavy atom. The zero-order valence-electron chi connectivity index (χ0n) is 15.7. The van der Waals surface area contributed by atoms with Gasteiger partial charge < -0.3 is 15.8 Å². The molecule has 1 atom stereocenters. The van der Waals surface area contributed by atoms with Crippen molar-refractivity contribution >= 4 is 11.6 Å². The zero-order valence-corrected chi connectivity index (χ0v) is 16.5. The zero-order chi connectivity index (χ0) is 20.3. The van der Waals surface area contributed by atoms with Gasteiger partial charge in [-0.1, -0.05) is 41.9 Å². The van der Waals surface area contributed by atoms with E-state index in [4.69, 9.17) is 22.1 Å². The summed E-state index contributed by atoms with van der Waals surface area (Å²) in [6.45, 7) is 0.176. The number of pyridine rings is 1. The maximum atomic E-state index is 12.4. The van der Waals surface area contributed by atoms with Crippen LogP contribution in [0.3, 0.4) is 0 Å². The van der Waals surface area contributed by atoms with Crippen molar-refractivity contribution < 1.29 is 9.13 Å². The lowest BCUT2D eigenvalue weighted by Crippen LogP contribution is -2.31. The van der Waals surface area contributed by atoms with E-state index in [0.29, 0.717) is 23.1 Å². The van der Waals surface area contributed by atoms with Gasteiger partial charge in [-0.05, 0) is 47.0 Å². The lowest BCUT2D eigenvalue weighted by molar-refractivity contribution is 0.273. The van der Waals surface area contributed by atoms with Gasteiger partial charge in [0.05, 0.1) is 16.3 Å². The largest absolute Gasteiger partial charge is 0.491 e. The van der Waals surface area contributed by atoms with Gasteiger partial charge in [0.15, 0.2) is 0 Å². The first-order chi connectivity index (χ1) is 14.1. The van der Waals surface area contributed by atoms with Gasteiger partial charge >= 0.3 is 0 Å². The lowest BCUT2D eigenvalue weighted by Gasteiger charge is -2.28. The molecule has 4 rings (SSSR count). The number of hydrogen-bond acceptors (Lipinski definition) is 4. The second-order valence-electron chi connectivity index (χ2n) is 6.96. The Labute approximate surface area is 174 Å². The number of ether oxygens (including phenoxy) is 1. The van der Waals surface area contributed by atoms with Crippen LogP contribution in [0.5, 0.6) is 5.75 Å². The molecule has 0 spiro atoms. The fourth-order valence-electron chi connectivity index (χ4n) is 3.70. The quantitative estimate of drug-likeness (QED) is 0.632. The molecule has 0 radical (unpaired) electrons. The molecule has 1 unspecified atom stereocenters. The van der Waals surface area contributed by atoms with Crippen molar-refractivity contribution in [3.8, 4) is 16.9 Å². The summed E-state index contributed by atoms with van der Waals surface area (Å²) in [5, 5.41) is 3.84. The Bertz CT molecular complexity index is 1040. The average molecular weight is 410 g/mol. The molecular weight excluding hydrogens is 389 g/mol. The summed E-state index contributed by atoms with van der Waals surface area (Å²) in [6.07, 6.45) is 5.46. The maximum absolute atomic E-state index is 12.4. The number of aromatic nitrogens is 1. The Balaban J connectivity index is 1.76. The van der Waals surface area contributed by atoms with Crippen molar-refractivity contribution in [2.24, 2.45) is 5.73 Å². The maximum Gasteiger partial charge on any atom is 0.123 e. The molecule has 0 amide bonds. The number of hydrogen-bond donors (Lipinski definition) is 2. The first-order valence-electron chi connectivity index (χ1n) is 9.34. The van der Waals surface area contributed by atoms with Crippen molar-refractivity contribution in [1.29, 1.82) is 0 Å². The summed E-state index contributed by atoms with van der Waals surface area (Å²) < 4.78 is 17.7. The van der Waals surface area contributed by atoms with E-state index >= 15 is 0 Å². The molecule has 0 aliphatic carbocycles. The van der Waals surface area contributed by atoms with Gasteiger partial charge in [0.2, 0.25) is 0 Å². The van der Waals surface area contributed by atoms with E-state index in [2.05, 4.69) is 22.4 Å². The van der Waals surface area contributed by atoms with Crippen LogP contribution in [0.1, 0.15) is 11.1 Å². The second-order valence-corrected chi connectivity index (χ2v) is 7.40. The van der Waals surface area contributed by atoms with Gasteiger partial charge in [0, 0.05) is 24.5 Å². The molecule has 3 N–H and O–H groups in total. The molecule has 4 nitrogen and oxygen atoms in total. The third-order valence-corrected chi connectivity index (χ3v) is 5.31. The molecule has 2 aromatic carbocycles. The highest BCUT2D eigenvalue weighted by molar-refractivity contribution is 6.30. The molecule has 148 valence electrons. The van der Waals surface area contributed by atoms with Crippen molar-refractivity contribution in [1.82, 2.24) is 10.3 Å². The summed E-state index contributed by atoms with van der Waals surface area (Å²) in [7, 11) is 0. The van der Waals surface area contributed by atoms with Crippen LogP contribution in [0.4, 0.5) is 4.39 Å². The van der Waals surface area contributed by atoms with Crippen LogP contribution < -0.4 is 15.8 Å². The van der Waals surface area contributed by atoms with Crippen LogP contribution in [0.25, 0.3) is 11.1 Å². The summed E-state index contributed by atoms with van der Waals surface area (Å²) in [6, 6.07) is 17.9. The van der Waals surface area contributed by atoms with Gasteiger partial charge in [-0.3, -0.25) is 4.98 Å². The molecule has 1 aromatic heterocycles. The predicted octanol–water partition coefficient (Wildman–Crippen LogP) is 4.44. The minimum absolute atomic E-state index is 0.0502. The molecule has 1 aliphatic heterocycles. The van der Waals surface area contributed by atoms with E-state index in [0.717, 1.165) is 22.3 Å². The number of nitrogens with one attached hydrogen (secondary N) is 1. The predicted molar refractivity (Wildman–Crippen MR) is 114 cm³/mol. The fraction of sp³-hybridized carbons (Fsp3) is 0.174. The number of benzene rings is 2. The molecule has 0 fully saturated rings.